The van der Waals surface area contributed by atoms with Crippen molar-refractivity contribution in [3.63, 3.8) is 0 Å². The van der Waals surface area contributed by atoms with E-state index in [1.807, 2.05) is 60.7 Å². The molecular formula is C17H13BrN2OS2. The molecule has 0 aliphatic carbocycles. The molecule has 1 N–H and O–H groups in total. The molecule has 1 amide bonds. The number of carbonyl (C=O) groups excluding carboxylic acids is 1. The van der Waals surface area contributed by atoms with E-state index in [1.165, 1.54) is 11.8 Å². The molecule has 0 atom stereocenters. The molecule has 0 unspecified atom stereocenters. The van der Waals surface area contributed by atoms with Crippen molar-refractivity contribution in [3.05, 3.63) is 69.5 Å². The Labute approximate surface area is 152 Å². The van der Waals surface area contributed by atoms with Crippen molar-refractivity contribution in [2.45, 2.75) is 0 Å². The summed E-state index contributed by atoms with van der Waals surface area (Å²) in [4.78, 5) is 14.7. The second kappa shape index (κ2) is 7.29. The van der Waals surface area contributed by atoms with Gasteiger partial charge in [-0.05, 0) is 35.9 Å². The minimum atomic E-state index is -0.0616. The summed E-state index contributed by atoms with van der Waals surface area (Å²) < 4.78 is 1.58. The number of anilines is 1. The smallest absolute Gasteiger partial charge is 0.267 e. The number of benzene rings is 2. The molecule has 6 heteroatoms. The van der Waals surface area contributed by atoms with Crippen LogP contribution in [-0.2, 0) is 4.79 Å². The molecule has 1 heterocycles. The summed E-state index contributed by atoms with van der Waals surface area (Å²) in [6.45, 7) is 0.360. The first-order valence-electron chi connectivity index (χ1n) is 6.93. The topological polar surface area (TPSA) is 32.3 Å². The maximum Gasteiger partial charge on any atom is 0.267 e. The van der Waals surface area contributed by atoms with Crippen LogP contribution in [0.25, 0.3) is 6.08 Å². The van der Waals surface area contributed by atoms with Crippen LogP contribution in [0.5, 0.6) is 0 Å². The maximum atomic E-state index is 12.5. The number of hydrogen-bond donors (Lipinski definition) is 1. The van der Waals surface area contributed by atoms with Gasteiger partial charge < -0.3 is 5.32 Å². The van der Waals surface area contributed by atoms with Crippen molar-refractivity contribution in [1.82, 2.24) is 4.90 Å². The molecule has 1 saturated heterocycles. The molecule has 1 fully saturated rings. The number of halogens is 1. The second-order valence-electron chi connectivity index (χ2n) is 4.86. The molecule has 1 aliphatic heterocycles. The predicted molar refractivity (Wildman–Crippen MR) is 104 cm³/mol. The third-order valence-electron chi connectivity index (χ3n) is 3.26. The van der Waals surface area contributed by atoms with Crippen LogP contribution in [0.1, 0.15) is 5.56 Å². The van der Waals surface area contributed by atoms with Gasteiger partial charge in [0.25, 0.3) is 5.91 Å². The van der Waals surface area contributed by atoms with Gasteiger partial charge in [-0.25, -0.2) is 0 Å². The molecular weight excluding hydrogens is 392 g/mol. The summed E-state index contributed by atoms with van der Waals surface area (Å²) >= 11 is 10.1. The number of amides is 1. The lowest BCUT2D eigenvalue weighted by Gasteiger charge is -2.16. The molecule has 0 bridgehead atoms. The van der Waals surface area contributed by atoms with Crippen LogP contribution in [0.4, 0.5) is 5.69 Å². The van der Waals surface area contributed by atoms with Gasteiger partial charge in [-0.3, -0.25) is 9.69 Å². The summed E-state index contributed by atoms with van der Waals surface area (Å²) in [5.74, 6) is -0.0616. The third kappa shape index (κ3) is 4.02. The molecule has 1 aliphatic rings. The van der Waals surface area contributed by atoms with Crippen LogP contribution < -0.4 is 5.32 Å². The fourth-order valence-corrected chi connectivity index (χ4v) is 3.59. The summed E-state index contributed by atoms with van der Waals surface area (Å²) in [6, 6.07) is 17.6. The summed E-state index contributed by atoms with van der Waals surface area (Å²) in [7, 11) is 0. The van der Waals surface area contributed by atoms with Crippen molar-refractivity contribution in [2.24, 2.45) is 0 Å². The fourth-order valence-electron chi connectivity index (χ4n) is 2.08. The van der Waals surface area contributed by atoms with E-state index in [0.29, 0.717) is 15.9 Å². The zero-order valence-corrected chi connectivity index (χ0v) is 15.2. The van der Waals surface area contributed by atoms with Gasteiger partial charge in [-0.15, -0.1) is 0 Å². The second-order valence-corrected chi connectivity index (χ2v) is 7.45. The Morgan fingerprint density at radius 1 is 1.13 bits per heavy atom. The van der Waals surface area contributed by atoms with Crippen LogP contribution in [0.2, 0.25) is 0 Å². The average molecular weight is 405 g/mol. The highest BCUT2D eigenvalue weighted by Gasteiger charge is 2.31. The number of nitrogens with zero attached hydrogens (tertiary/aromatic N) is 1. The molecule has 0 radical (unpaired) electrons. The Bertz CT molecular complexity index is 760. The number of nitrogens with one attached hydrogen (secondary N) is 1. The standard InChI is InChI=1S/C17H13BrN2OS2/c18-13-6-8-14(9-7-13)19-11-20-16(21)15(23-17(20)22)10-12-4-2-1-3-5-12/h1-10,19H,11H2. The van der Waals surface area contributed by atoms with E-state index in [2.05, 4.69) is 21.2 Å². The Kier molecular flexibility index (Phi) is 5.15. The lowest BCUT2D eigenvalue weighted by atomic mass is 10.2. The Morgan fingerprint density at radius 3 is 2.52 bits per heavy atom. The van der Waals surface area contributed by atoms with E-state index < -0.39 is 0 Å². The summed E-state index contributed by atoms with van der Waals surface area (Å²) in [5, 5.41) is 3.22. The van der Waals surface area contributed by atoms with Gasteiger partial charge in [0, 0.05) is 10.2 Å². The Hall–Kier alpha value is -1.63. The predicted octanol–water partition coefficient (Wildman–Crippen LogP) is 4.72. The van der Waals surface area contributed by atoms with E-state index >= 15 is 0 Å². The van der Waals surface area contributed by atoms with Crippen LogP contribution in [0, 0.1) is 0 Å². The largest absolute Gasteiger partial charge is 0.367 e. The SMILES string of the molecule is O=C1C(=Cc2ccccc2)SC(=S)N1CNc1ccc(Br)cc1. The first-order valence-corrected chi connectivity index (χ1v) is 8.95. The highest BCUT2D eigenvalue weighted by atomic mass is 79.9. The minimum Gasteiger partial charge on any atom is -0.367 e. The Balaban J connectivity index is 1.69. The summed E-state index contributed by atoms with van der Waals surface area (Å²) in [6.07, 6.45) is 1.87. The van der Waals surface area contributed by atoms with E-state index in [0.717, 1.165) is 15.7 Å². The van der Waals surface area contributed by atoms with Gasteiger partial charge >= 0.3 is 0 Å². The first kappa shape index (κ1) is 16.2. The third-order valence-corrected chi connectivity index (χ3v) is 5.16. The molecule has 0 spiro atoms. The monoisotopic (exact) mass is 404 g/mol. The molecule has 2 aromatic carbocycles. The molecule has 23 heavy (non-hydrogen) atoms. The summed E-state index contributed by atoms with van der Waals surface area (Å²) in [5.41, 5.74) is 1.93. The molecule has 0 saturated carbocycles. The number of rotatable bonds is 4. The van der Waals surface area contributed by atoms with Crippen LogP contribution in [0.3, 0.4) is 0 Å². The van der Waals surface area contributed by atoms with Gasteiger partial charge in [0.15, 0.2) is 0 Å². The van der Waals surface area contributed by atoms with Gasteiger partial charge in [0.1, 0.15) is 4.32 Å². The zero-order valence-electron chi connectivity index (χ0n) is 12.0. The normalized spacial score (nSPS) is 16.2. The molecule has 2 aromatic rings. The van der Waals surface area contributed by atoms with Gasteiger partial charge in [-0.2, -0.15) is 0 Å². The number of hydrogen-bond acceptors (Lipinski definition) is 4. The average Bonchev–Trinajstić information content (AvgIpc) is 2.82. The van der Waals surface area contributed by atoms with Gasteiger partial charge in [-0.1, -0.05) is 70.2 Å². The fraction of sp³-hybridized carbons (Fsp3) is 0.0588. The molecule has 3 nitrogen and oxygen atoms in total. The molecule has 0 aromatic heterocycles. The first-order chi connectivity index (χ1) is 11.1. The maximum absolute atomic E-state index is 12.5. The molecule has 3 rings (SSSR count). The highest BCUT2D eigenvalue weighted by Crippen LogP contribution is 2.32. The lowest BCUT2D eigenvalue weighted by Crippen LogP contribution is -2.33. The zero-order chi connectivity index (χ0) is 16.2. The van der Waals surface area contributed by atoms with Crippen LogP contribution in [0.15, 0.2) is 64.0 Å². The highest BCUT2D eigenvalue weighted by molar-refractivity contribution is 9.10. The number of carbonyl (C=O) groups is 1. The molecule has 116 valence electrons. The van der Waals surface area contributed by atoms with Crippen molar-refractivity contribution in [2.75, 3.05) is 12.0 Å². The van der Waals surface area contributed by atoms with Crippen molar-refractivity contribution in [3.8, 4) is 0 Å². The van der Waals surface area contributed by atoms with Crippen LogP contribution >= 0.6 is 39.9 Å². The van der Waals surface area contributed by atoms with Crippen molar-refractivity contribution in [1.29, 1.82) is 0 Å². The van der Waals surface area contributed by atoms with Crippen molar-refractivity contribution < 1.29 is 4.79 Å². The van der Waals surface area contributed by atoms with E-state index in [-0.39, 0.29) is 5.91 Å². The van der Waals surface area contributed by atoms with E-state index in [4.69, 9.17) is 12.2 Å². The van der Waals surface area contributed by atoms with Crippen LogP contribution in [-0.4, -0.2) is 21.8 Å². The number of thioether (sulfide) groups is 1. The van der Waals surface area contributed by atoms with Gasteiger partial charge in [0.2, 0.25) is 0 Å². The number of thiocarbonyl (C=S) groups is 1. The van der Waals surface area contributed by atoms with Crippen molar-refractivity contribution >= 4 is 61.9 Å². The van der Waals surface area contributed by atoms with Gasteiger partial charge in [0.05, 0.1) is 11.6 Å². The van der Waals surface area contributed by atoms with E-state index in [9.17, 15) is 4.79 Å². The lowest BCUT2D eigenvalue weighted by molar-refractivity contribution is -0.121. The quantitative estimate of drug-likeness (QED) is 0.590. The Morgan fingerprint density at radius 2 is 1.83 bits per heavy atom. The minimum absolute atomic E-state index is 0.0616. The van der Waals surface area contributed by atoms with E-state index in [1.54, 1.807) is 4.90 Å².